The van der Waals surface area contributed by atoms with Crippen molar-refractivity contribution in [1.29, 1.82) is 0 Å². The van der Waals surface area contributed by atoms with Gasteiger partial charge in [-0.25, -0.2) is 44.9 Å². The topological polar surface area (TPSA) is 625 Å². The number of thioether (sulfide) groups is 2. The molecule has 11 heterocycles. The Bertz CT molecular complexity index is 7560. The molecule has 0 bridgehead atoms. The molecule has 0 atom stereocenters. The molecule has 0 unspecified atom stereocenters. The van der Waals surface area contributed by atoms with E-state index in [4.69, 9.17) is 78.0 Å². The van der Waals surface area contributed by atoms with Crippen molar-refractivity contribution in [2.75, 3.05) is 170 Å². The van der Waals surface area contributed by atoms with E-state index in [9.17, 15) is 0 Å². The first-order chi connectivity index (χ1) is 72.8. The molecule has 149 heavy (non-hydrogen) atoms. The average molecular weight is 2070 g/mol. The molecular weight excluding hydrogens is 1960 g/mol. The predicted molar refractivity (Wildman–Crippen MR) is 578 cm³/mol. The van der Waals surface area contributed by atoms with Crippen molar-refractivity contribution in [2.45, 2.75) is 23.3 Å². The van der Waals surface area contributed by atoms with Crippen LogP contribution in [-0.2, 0) is 11.3 Å². The highest BCUT2D eigenvalue weighted by Crippen LogP contribution is 2.39. The van der Waals surface area contributed by atoms with Crippen molar-refractivity contribution in [3.8, 4) is 68.6 Å². The Morgan fingerprint density at radius 3 is 1.31 bits per heavy atom. The van der Waals surface area contributed by atoms with E-state index in [1.807, 2.05) is 212 Å². The lowest BCUT2D eigenvalue weighted by atomic mass is 10.2. The van der Waals surface area contributed by atoms with Gasteiger partial charge in [-0.2, -0.15) is 48.3 Å². The first-order valence-electron chi connectivity index (χ1n) is 45.5. The summed E-state index contributed by atoms with van der Waals surface area (Å²) in [5.74, 6) is 11.1. The third kappa shape index (κ3) is 28.5. The van der Waals surface area contributed by atoms with Crippen LogP contribution in [-0.4, -0.2) is 211 Å². The van der Waals surface area contributed by atoms with Crippen molar-refractivity contribution in [3.05, 3.63) is 279 Å². The van der Waals surface area contributed by atoms with Gasteiger partial charge in [0.2, 0.25) is 64.6 Å². The summed E-state index contributed by atoms with van der Waals surface area (Å²) in [6.45, 7) is 5.64. The number of thiazole rings is 1. The van der Waals surface area contributed by atoms with Crippen LogP contribution in [0, 0.1) is 0 Å². The van der Waals surface area contributed by atoms with E-state index in [0.717, 1.165) is 90.4 Å². The van der Waals surface area contributed by atoms with Gasteiger partial charge in [-0.3, -0.25) is 4.90 Å². The fourth-order valence-electron chi connectivity index (χ4n) is 14.1. The number of aromatic nitrogens is 24. The number of nitrogens with one attached hydrogen (secondary N) is 8. The molecule has 0 spiro atoms. The SMILES string of the molecule is COc1cc(Nc2nc(N)n(-c3cc(N)nc(SC)n3)n2)ccc1OCCCN1CCOCC1.COc1ccc(Nc2nc(N)n(-c3cc(Nc4ccccc4)ncn3)n2)cc1OC.COc1cccc(Nc2nc(N)n(-c3cc(Nc4ccccc4)ncn3)n2)c1OC.CSc1nc(Nc2ccccc2)cc(-n2nc(Nc3cccc(N)c3)nc2N)n1.Nc1nc(Nc2cccc(OCc3ccccc3)c2)nn1-c1nccs1. The Morgan fingerprint density at radius 1 is 0.356 bits per heavy atom. The zero-order valence-corrected chi connectivity index (χ0v) is 83.8. The summed E-state index contributed by atoms with van der Waals surface area (Å²) in [7, 11) is 7.89. The molecule has 1 aliphatic rings. The van der Waals surface area contributed by atoms with Gasteiger partial charge in [0.05, 0.1) is 61.1 Å². The minimum absolute atomic E-state index is 0.167. The lowest BCUT2D eigenvalue weighted by molar-refractivity contribution is 0.0357. The number of nitrogens with zero attached hydrogens (tertiary/aromatic N) is 25. The van der Waals surface area contributed by atoms with E-state index in [0.29, 0.717) is 145 Å². The second-order valence-electron chi connectivity index (χ2n) is 31.3. The quantitative estimate of drug-likeness (QED) is 0.00750. The summed E-state index contributed by atoms with van der Waals surface area (Å²) in [6, 6.07) is 77.3. The van der Waals surface area contributed by atoms with E-state index >= 15 is 0 Å². The molecule has 51 heteroatoms. The number of nitrogens with two attached hydrogens (primary N) is 7. The van der Waals surface area contributed by atoms with Crippen LogP contribution in [0.3, 0.4) is 0 Å². The normalized spacial score (nSPS) is 11.4. The molecule has 1 fully saturated rings. The molecule has 0 saturated carbocycles. The molecule has 1 saturated heterocycles. The molecule has 0 aliphatic carbocycles. The van der Waals surface area contributed by atoms with Gasteiger partial charge in [-0.1, -0.05) is 127 Å². The Kier molecular flexibility index (Phi) is 35.0. The number of benzene rings is 9. The molecule has 19 aromatic rings. The van der Waals surface area contributed by atoms with Crippen LogP contribution in [0.5, 0.6) is 40.2 Å². The molecule has 1 aliphatic heterocycles. The summed E-state index contributed by atoms with van der Waals surface area (Å²) in [5, 5.41) is 50.9. The van der Waals surface area contributed by atoms with Gasteiger partial charge in [0.1, 0.15) is 48.3 Å². The summed E-state index contributed by atoms with van der Waals surface area (Å²) >= 11 is 4.24. The third-order valence-electron chi connectivity index (χ3n) is 21.0. The number of hydrogen-bond donors (Lipinski definition) is 15. The smallest absolute Gasteiger partial charge is 0.249 e. The summed E-state index contributed by atoms with van der Waals surface area (Å²) in [6.07, 6.45) is 9.25. The molecule has 20 rings (SSSR count). The van der Waals surface area contributed by atoms with Gasteiger partial charge in [0, 0.05) is 119 Å². The number of ether oxygens (including phenoxy) is 8. The maximum Gasteiger partial charge on any atom is 0.249 e. The van der Waals surface area contributed by atoms with Crippen LogP contribution in [0.1, 0.15) is 12.0 Å². The van der Waals surface area contributed by atoms with Gasteiger partial charge in [-0.05, 0) is 128 Å². The number of anilines is 23. The van der Waals surface area contributed by atoms with Crippen molar-refractivity contribution in [2.24, 2.45) is 0 Å². The highest BCUT2D eigenvalue weighted by Gasteiger charge is 2.23. The van der Waals surface area contributed by atoms with Crippen molar-refractivity contribution < 1.29 is 37.9 Å². The highest BCUT2D eigenvalue weighted by atomic mass is 32.2. The second kappa shape index (κ2) is 50.7. The predicted octanol–water partition coefficient (Wildman–Crippen LogP) is 15.1. The Labute approximate surface area is 865 Å². The largest absolute Gasteiger partial charge is 0.493 e. The first kappa shape index (κ1) is 103. The van der Waals surface area contributed by atoms with Crippen LogP contribution in [0.15, 0.2) is 283 Å². The Morgan fingerprint density at radius 2 is 0.799 bits per heavy atom. The molecule has 762 valence electrons. The summed E-state index contributed by atoms with van der Waals surface area (Å²) in [4.78, 5) is 62.4. The maximum absolute atomic E-state index is 6.09. The van der Waals surface area contributed by atoms with E-state index in [1.165, 1.54) is 70.9 Å². The number of methoxy groups -OCH3 is 5. The fourth-order valence-corrected chi connectivity index (χ4v) is 15.5. The number of hydrogen-bond acceptors (Lipinski definition) is 46. The van der Waals surface area contributed by atoms with E-state index in [1.54, 1.807) is 96.3 Å². The number of morpholine rings is 1. The molecular formula is C98H104N40O8S3. The van der Waals surface area contributed by atoms with E-state index in [2.05, 4.69) is 143 Å². The number of nitrogen functional groups attached to an aromatic ring is 7. The highest BCUT2D eigenvalue weighted by molar-refractivity contribution is 7.98. The lowest BCUT2D eigenvalue weighted by Gasteiger charge is -2.26. The average Bonchev–Trinajstić information content (AvgIpc) is 1.66. The van der Waals surface area contributed by atoms with Crippen molar-refractivity contribution in [1.82, 2.24) is 124 Å². The molecule has 0 radical (unpaired) electrons. The fraction of sp³-hybridized carbons (Fsp3) is 0.153. The number of rotatable bonds is 36. The van der Waals surface area contributed by atoms with E-state index in [-0.39, 0.29) is 35.7 Å². The summed E-state index contributed by atoms with van der Waals surface area (Å²) < 4.78 is 51.2. The minimum atomic E-state index is 0.167. The maximum atomic E-state index is 6.09. The Balaban J connectivity index is 0.000000133. The van der Waals surface area contributed by atoms with Gasteiger partial charge in [-0.15, -0.1) is 36.8 Å². The van der Waals surface area contributed by atoms with Crippen LogP contribution in [0.4, 0.5) is 134 Å². The van der Waals surface area contributed by atoms with E-state index < -0.39 is 0 Å². The third-order valence-corrected chi connectivity index (χ3v) is 22.9. The van der Waals surface area contributed by atoms with Gasteiger partial charge >= 0.3 is 0 Å². The number of para-hydroxylation sites is 4. The van der Waals surface area contributed by atoms with Crippen LogP contribution >= 0.6 is 34.9 Å². The molecule has 10 aromatic heterocycles. The van der Waals surface area contributed by atoms with Gasteiger partial charge < -0.3 is 121 Å². The van der Waals surface area contributed by atoms with Crippen molar-refractivity contribution >= 4 is 169 Å². The molecule has 0 amide bonds. The van der Waals surface area contributed by atoms with Crippen LogP contribution in [0.2, 0.25) is 0 Å². The zero-order valence-electron chi connectivity index (χ0n) is 81.4. The molecule has 48 nitrogen and oxygen atoms in total. The zero-order chi connectivity index (χ0) is 104. The second-order valence-corrected chi connectivity index (χ2v) is 33.7. The Hall–Kier alpha value is -19.1. The lowest BCUT2D eigenvalue weighted by Crippen LogP contribution is -2.37. The summed E-state index contributed by atoms with van der Waals surface area (Å²) in [5.41, 5.74) is 50.0. The van der Waals surface area contributed by atoms with Crippen molar-refractivity contribution in [3.63, 3.8) is 0 Å². The molecule has 9 aromatic carbocycles. The van der Waals surface area contributed by atoms with Crippen LogP contribution in [0.25, 0.3) is 28.4 Å². The standard InChI is InChI=1S/C21H29N9O3S.2C20H20N8O2.C19H19N9S.C18H16N6OS/c1-31-16-12-14(4-5-15(16)33-9-3-6-29-7-10-32-11-8-29)24-20-27-19(23)30(28-20)18-13-17(22)25-21(26-18)34-2;1-29-15-10-6-9-14(18(15)30-2)25-20-26-19(21)28(27-20)17-11-16(22-12-23-17)24-13-7-4-3-5-8-13;1-29-15-9-8-14(10-16(15)30-2)25-20-26-19(21)28(27-20)18-11-17(22-12-23-18)24-13-6-4-3-5-7-13;1-29-19-24-15(22-13-7-3-2-4-8-13)11-16(25-19)28-17(21)26-18(27-28)23-14-9-5-6-12(20)10-14;19-16-22-17(23-24(16)18-20-9-10-26-18)21-14-7-4-8-15(11-14)25-12-13-5-2-1-3-6-13/h4-5,12-13H,3,6-11H2,1-2H3,(H2,22,25,26)(H3,23,24,27,28);2*3-12H,1-2H3,(H,22,23,24)(H3,21,25,26,27);2-11H,20H2,1H3,(H,22,24,25)(H3,21,23,26,27);1-11H,12H2,(H3,19,21,22,23). The van der Waals surface area contributed by atoms with Gasteiger partial charge in [0.15, 0.2) is 68.1 Å². The minimum Gasteiger partial charge on any atom is -0.493 e. The molecule has 22 N–H and O–H groups in total. The monoisotopic (exact) mass is 2060 g/mol. The van der Waals surface area contributed by atoms with Gasteiger partial charge in [0.25, 0.3) is 0 Å². The first-order valence-corrected chi connectivity index (χ1v) is 48.9. The van der Waals surface area contributed by atoms with Crippen LogP contribution < -0.4 is 116 Å².